The quantitative estimate of drug-likeness (QED) is 0.777. The fraction of sp³-hybridized carbons (Fsp3) is 0.222. The first-order valence-corrected chi connectivity index (χ1v) is 7.85. The van der Waals surface area contributed by atoms with Gasteiger partial charge in [0.1, 0.15) is 5.52 Å². The molecule has 23 heavy (non-hydrogen) atoms. The molecule has 1 amide bonds. The average Bonchev–Trinajstić information content (AvgIpc) is 2.88. The zero-order valence-electron chi connectivity index (χ0n) is 12.8. The Hall–Kier alpha value is -2.33. The van der Waals surface area contributed by atoms with Crippen LogP contribution in [-0.2, 0) is 17.6 Å². The zero-order valence-corrected chi connectivity index (χ0v) is 13.6. The number of nitrogens with zero attached hydrogens (tertiary/aromatic N) is 1. The number of carbonyl (C=O) groups excluding carboxylic acids is 1. The Bertz CT molecular complexity index is 825. The van der Waals surface area contributed by atoms with Crippen molar-refractivity contribution in [2.75, 3.05) is 6.54 Å². The predicted octanol–water partition coefficient (Wildman–Crippen LogP) is 3.69. The predicted molar refractivity (Wildman–Crippen MR) is 90.6 cm³/mol. The molecule has 1 N–H and O–H groups in total. The largest absolute Gasteiger partial charge is 0.441 e. The maximum Gasteiger partial charge on any atom is 0.224 e. The minimum atomic E-state index is -0.00505. The highest BCUT2D eigenvalue weighted by molar-refractivity contribution is 6.30. The van der Waals surface area contributed by atoms with Gasteiger partial charge in [-0.05, 0) is 41.8 Å². The Kier molecular flexibility index (Phi) is 4.63. The number of fused-ring (bicyclic) bond motifs is 1. The molecule has 0 radical (unpaired) electrons. The first-order chi connectivity index (χ1) is 11.1. The van der Waals surface area contributed by atoms with Crippen LogP contribution in [0.25, 0.3) is 11.1 Å². The van der Waals surface area contributed by atoms with Crippen molar-refractivity contribution in [1.82, 2.24) is 10.3 Å². The molecule has 5 heteroatoms. The van der Waals surface area contributed by atoms with Gasteiger partial charge in [-0.3, -0.25) is 4.79 Å². The van der Waals surface area contributed by atoms with Gasteiger partial charge in [-0.2, -0.15) is 0 Å². The van der Waals surface area contributed by atoms with E-state index in [-0.39, 0.29) is 5.91 Å². The van der Waals surface area contributed by atoms with E-state index in [9.17, 15) is 4.79 Å². The second-order valence-corrected chi connectivity index (χ2v) is 5.87. The van der Waals surface area contributed by atoms with Crippen LogP contribution in [0.3, 0.4) is 0 Å². The summed E-state index contributed by atoms with van der Waals surface area (Å²) in [5.74, 6) is 0.624. The van der Waals surface area contributed by atoms with Crippen LogP contribution in [0.1, 0.15) is 17.0 Å². The molecule has 1 aromatic heterocycles. The summed E-state index contributed by atoms with van der Waals surface area (Å²) in [6.45, 7) is 2.41. The molecule has 0 fully saturated rings. The smallest absolute Gasteiger partial charge is 0.224 e. The second-order valence-electron chi connectivity index (χ2n) is 5.44. The van der Waals surface area contributed by atoms with Gasteiger partial charge in [0.25, 0.3) is 0 Å². The van der Waals surface area contributed by atoms with Crippen molar-refractivity contribution < 1.29 is 9.21 Å². The lowest BCUT2D eigenvalue weighted by Gasteiger charge is -2.06. The van der Waals surface area contributed by atoms with Gasteiger partial charge in [0.15, 0.2) is 11.5 Å². The Morgan fingerprint density at radius 1 is 1.17 bits per heavy atom. The van der Waals surface area contributed by atoms with E-state index in [0.717, 1.165) is 28.1 Å². The topological polar surface area (TPSA) is 55.1 Å². The minimum Gasteiger partial charge on any atom is -0.441 e. The standard InChI is InChI=1S/C18H17ClN2O2/c1-12-21-16-7-4-14(10-17(16)23-12)11-18(22)20-9-8-13-2-5-15(19)6-3-13/h2-7,10H,8-9,11H2,1H3,(H,20,22). The van der Waals surface area contributed by atoms with Crippen molar-refractivity contribution in [3.8, 4) is 0 Å². The molecule has 4 nitrogen and oxygen atoms in total. The Morgan fingerprint density at radius 2 is 1.91 bits per heavy atom. The maximum atomic E-state index is 12.0. The minimum absolute atomic E-state index is 0.00505. The number of halogens is 1. The number of carbonyl (C=O) groups is 1. The number of oxazole rings is 1. The third kappa shape index (κ3) is 4.11. The van der Waals surface area contributed by atoms with Gasteiger partial charge in [-0.15, -0.1) is 0 Å². The molecule has 2 aromatic carbocycles. The van der Waals surface area contributed by atoms with E-state index in [0.29, 0.717) is 24.4 Å². The SMILES string of the molecule is Cc1nc2ccc(CC(=O)NCCc3ccc(Cl)cc3)cc2o1. The molecule has 0 bridgehead atoms. The lowest BCUT2D eigenvalue weighted by Crippen LogP contribution is -2.27. The summed E-state index contributed by atoms with van der Waals surface area (Å²) in [5, 5.41) is 3.65. The number of nitrogens with one attached hydrogen (secondary N) is 1. The van der Waals surface area contributed by atoms with Gasteiger partial charge < -0.3 is 9.73 Å². The molecule has 0 aliphatic heterocycles. The first kappa shape index (κ1) is 15.6. The third-order valence-corrected chi connectivity index (χ3v) is 3.83. The molecule has 0 atom stereocenters. The van der Waals surface area contributed by atoms with Crippen LogP contribution in [0.15, 0.2) is 46.9 Å². The molecular formula is C18H17ClN2O2. The van der Waals surface area contributed by atoms with Gasteiger partial charge in [0.05, 0.1) is 6.42 Å². The van der Waals surface area contributed by atoms with Gasteiger partial charge in [-0.25, -0.2) is 4.98 Å². The number of amides is 1. The summed E-state index contributed by atoms with van der Waals surface area (Å²) in [5.41, 5.74) is 3.59. The fourth-order valence-corrected chi connectivity index (χ4v) is 2.57. The van der Waals surface area contributed by atoms with Crippen molar-refractivity contribution in [2.45, 2.75) is 19.8 Å². The summed E-state index contributed by atoms with van der Waals surface area (Å²) in [6.07, 6.45) is 1.11. The Balaban J connectivity index is 1.52. The highest BCUT2D eigenvalue weighted by Crippen LogP contribution is 2.17. The summed E-state index contributed by atoms with van der Waals surface area (Å²) >= 11 is 5.85. The normalized spacial score (nSPS) is 10.9. The molecule has 118 valence electrons. The molecule has 0 aliphatic carbocycles. The molecule has 0 unspecified atom stereocenters. The highest BCUT2D eigenvalue weighted by atomic mass is 35.5. The number of hydrogen-bond acceptors (Lipinski definition) is 3. The number of rotatable bonds is 5. The van der Waals surface area contributed by atoms with Crippen LogP contribution >= 0.6 is 11.6 Å². The number of aryl methyl sites for hydroxylation is 1. The summed E-state index contributed by atoms with van der Waals surface area (Å²) < 4.78 is 5.49. The van der Waals surface area contributed by atoms with E-state index >= 15 is 0 Å². The van der Waals surface area contributed by atoms with Crippen molar-refractivity contribution in [3.63, 3.8) is 0 Å². The van der Waals surface area contributed by atoms with Crippen LogP contribution in [0.4, 0.5) is 0 Å². The average molecular weight is 329 g/mol. The monoisotopic (exact) mass is 328 g/mol. The molecular weight excluding hydrogens is 312 g/mol. The summed E-state index contributed by atoms with van der Waals surface area (Å²) in [4.78, 5) is 16.3. The van der Waals surface area contributed by atoms with Crippen LogP contribution in [-0.4, -0.2) is 17.4 Å². The third-order valence-electron chi connectivity index (χ3n) is 3.57. The van der Waals surface area contributed by atoms with Crippen molar-refractivity contribution in [2.24, 2.45) is 0 Å². The Morgan fingerprint density at radius 3 is 2.70 bits per heavy atom. The molecule has 1 heterocycles. The summed E-state index contributed by atoms with van der Waals surface area (Å²) in [7, 11) is 0. The van der Waals surface area contributed by atoms with E-state index < -0.39 is 0 Å². The molecule has 0 spiro atoms. The lowest BCUT2D eigenvalue weighted by molar-refractivity contribution is -0.120. The van der Waals surface area contributed by atoms with Crippen LogP contribution in [0.2, 0.25) is 5.02 Å². The van der Waals surface area contributed by atoms with Gasteiger partial charge >= 0.3 is 0 Å². The molecule has 3 aromatic rings. The maximum absolute atomic E-state index is 12.0. The fourth-order valence-electron chi connectivity index (χ4n) is 2.44. The van der Waals surface area contributed by atoms with E-state index in [1.165, 1.54) is 0 Å². The van der Waals surface area contributed by atoms with Gasteiger partial charge in [-0.1, -0.05) is 29.8 Å². The van der Waals surface area contributed by atoms with Crippen molar-refractivity contribution in [1.29, 1.82) is 0 Å². The Labute approximate surface area is 139 Å². The number of benzene rings is 2. The first-order valence-electron chi connectivity index (χ1n) is 7.47. The van der Waals surface area contributed by atoms with Crippen LogP contribution in [0.5, 0.6) is 0 Å². The van der Waals surface area contributed by atoms with Gasteiger partial charge in [0.2, 0.25) is 5.91 Å². The van der Waals surface area contributed by atoms with Crippen molar-refractivity contribution in [3.05, 3.63) is 64.5 Å². The van der Waals surface area contributed by atoms with Crippen molar-refractivity contribution >= 4 is 28.6 Å². The number of aromatic nitrogens is 1. The van der Waals surface area contributed by atoms with E-state index in [1.54, 1.807) is 0 Å². The molecule has 0 saturated heterocycles. The zero-order chi connectivity index (χ0) is 16.2. The molecule has 0 aliphatic rings. The van der Waals surface area contributed by atoms with E-state index in [1.807, 2.05) is 49.4 Å². The highest BCUT2D eigenvalue weighted by Gasteiger charge is 2.07. The molecule has 0 saturated carbocycles. The molecule has 3 rings (SSSR count). The summed E-state index contributed by atoms with van der Waals surface area (Å²) in [6, 6.07) is 13.3. The lowest BCUT2D eigenvalue weighted by atomic mass is 10.1. The second kappa shape index (κ2) is 6.84. The number of hydrogen-bond donors (Lipinski definition) is 1. The van der Waals surface area contributed by atoms with Crippen LogP contribution < -0.4 is 5.32 Å². The van der Waals surface area contributed by atoms with Crippen LogP contribution in [0, 0.1) is 6.92 Å². The van der Waals surface area contributed by atoms with E-state index in [4.69, 9.17) is 16.0 Å². The van der Waals surface area contributed by atoms with Gasteiger partial charge in [0, 0.05) is 18.5 Å². The van der Waals surface area contributed by atoms with E-state index in [2.05, 4.69) is 10.3 Å².